The van der Waals surface area contributed by atoms with Crippen LogP contribution < -0.4 is 5.32 Å². The standard InChI is InChI=1S/C13H13NO/c1-9-13(8-12(15)14-9)6-10-4-2-3-5-11(10)7-13/h2-5H,1,6-8H2,(H,14,15). The smallest absolute Gasteiger partial charge is 0.225 e. The van der Waals surface area contributed by atoms with Gasteiger partial charge < -0.3 is 5.32 Å². The summed E-state index contributed by atoms with van der Waals surface area (Å²) in [7, 11) is 0. The second-order valence-electron chi connectivity index (χ2n) is 4.61. The van der Waals surface area contributed by atoms with Crippen molar-refractivity contribution >= 4 is 5.91 Å². The topological polar surface area (TPSA) is 29.1 Å². The molecule has 0 atom stereocenters. The van der Waals surface area contributed by atoms with E-state index in [2.05, 4.69) is 36.2 Å². The van der Waals surface area contributed by atoms with Crippen molar-refractivity contribution in [1.29, 1.82) is 0 Å². The van der Waals surface area contributed by atoms with Crippen molar-refractivity contribution in [3.63, 3.8) is 0 Å². The van der Waals surface area contributed by atoms with Crippen LogP contribution in [0.2, 0.25) is 0 Å². The molecule has 2 aliphatic rings. The maximum atomic E-state index is 11.4. The van der Waals surface area contributed by atoms with Gasteiger partial charge in [0, 0.05) is 17.5 Å². The Morgan fingerprint density at radius 3 is 2.20 bits per heavy atom. The summed E-state index contributed by atoms with van der Waals surface area (Å²) in [6.45, 7) is 3.99. The third-order valence-corrected chi connectivity index (χ3v) is 3.61. The van der Waals surface area contributed by atoms with Crippen molar-refractivity contribution < 1.29 is 4.79 Å². The van der Waals surface area contributed by atoms with Gasteiger partial charge in [-0.2, -0.15) is 0 Å². The van der Waals surface area contributed by atoms with Crippen LogP contribution in [0.3, 0.4) is 0 Å². The average Bonchev–Trinajstić information content (AvgIpc) is 2.67. The van der Waals surface area contributed by atoms with Gasteiger partial charge in [0.2, 0.25) is 5.91 Å². The molecule has 15 heavy (non-hydrogen) atoms. The molecule has 2 nitrogen and oxygen atoms in total. The van der Waals surface area contributed by atoms with Gasteiger partial charge in [0.05, 0.1) is 0 Å². The number of carbonyl (C=O) groups excluding carboxylic acids is 1. The molecule has 2 heteroatoms. The minimum Gasteiger partial charge on any atom is -0.330 e. The molecule has 0 bridgehead atoms. The Morgan fingerprint density at radius 1 is 1.13 bits per heavy atom. The molecule has 1 aromatic rings. The zero-order chi connectivity index (χ0) is 10.5. The second-order valence-corrected chi connectivity index (χ2v) is 4.61. The SMILES string of the molecule is C=C1NC(=O)CC12Cc1ccccc1C2. The van der Waals surface area contributed by atoms with Crippen LogP contribution in [0.5, 0.6) is 0 Å². The first kappa shape index (κ1) is 8.72. The molecule has 1 spiro atoms. The number of rotatable bonds is 0. The maximum absolute atomic E-state index is 11.4. The van der Waals surface area contributed by atoms with E-state index in [1.54, 1.807) is 0 Å². The van der Waals surface area contributed by atoms with Crippen molar-refractivity contribution in [3.8, 4) is 0 Å². The molecule has 1 heterocycles. The van der Waals surface area contributed by atoms with Gasteiger partial charge in [0.1, 0.15) is 0 Å². The van der Waals surface area contributed by atoms with E-state index >= 15 is 0 Å². The molecule has 1 aliphatic carbocycles. The fourth-order valence-corrected chi connectivity index (χ4v) is 2.79. The monoisotopic (exact) mass is 199 g/mol. The Morgan fingerprint density at radius 2 is 1.73 bits per heavy atom. The van der Waals surface area contributed by atoms with E-state index in [0.29, 0.717) is 6.42 Å². The summed E-state index contributed by atoms with van der Waals surface area (Å²) in [6, 6.07) is 8.43. The van der Waals surface area contributed by atoms with Gasteiger partial charge in [-0.3, -0.25) is 4.79 Å². The highest BCUT2D eigenvalue weighted by atomic mass is 16.2. The van der Waals surface area contributed by atoms with Gasteiger partial charge in [-0.1, -0.05) is 30.8 Å². The molecule has 1 fully saturated rings. The molecule has 3 rings (SSSR count). The fraction of sp³-hybridized carbons (Fsp3) is 0.308. The lowest BCUT2D eigenvalue weighted by molar-refractivity contribution is -0.119. The molecule has 0 unspecified atom stereocenters. The molecule has 1 N–H and O–H groups in total. The van der Waals surface area contributed by atoms with Crippen molar-refractivity contribution in [2.24, 2.45) is 5.41 Å². The Balaban J connectivity index is 2.01. The van der Waals surface area contributed by atoms with Gasteiger partial charge in [0.15, 0.2) is 0 Å². The van der Waals surface area contributed by atoms with Gasteiger partial charge in [-0.05, 0) is 24.0 Å². The van der Waals surface area contributed by atoms with Crippen LogP contribution in [0.15, 0.2) is 36.5 Å². The molecule has 0 radical (unpaired) electrons. The highest BCUT2D eigenvalue weighted by Crippen LogP contribution is 2.46. The lowest BCUT2D eigenvalue weighted by Gasteiger charge is -2.21. The maximum Gasteiger partial charge on any atom is 0.225 e. The number of hydrogen-bond donors (Lipinski definition) is 1. The largest absolute Gasteiger partial charge is 0.330 e. The number of nitrogens with one attached hydrogen (secondary N) is 1. The molecular formula is C13H13NO. The van der Waals surface area contributed by atoms with E-state index in [1.165, 1.54) is 11.1 Å². The fourth-order valence-electron chi connectivity index (χ4n) is 2.79. The molecule has 1 saturated heterocycles. The number of hydrogen-bond acceptors (Lipinski definition) is 1. The number of benzene rings is 1. The normalized spacial score (nSPS) is 21.9. The summed E-state index contributed by atoms with van der Waals surface area (Å²) in [5.74, 6) is 0.118. The predicted octanol–water partition coefficient (Wildman–Crippen LogP) is 1.81. The highest BCUT2D eigenvalue weighted by Gasteiger charge is 2.45. The number of fused-ring (bicyclic) bond motifs is 1. The van der Waals surface area contributed by atoms with Crippen LogP contribution >= 0.6 is 0 Å². The van der Waals surface area contributed by atoms with Gasteiger partial charge in [-0.25, -0.2) is 0 Å². The van der Waals surface area contributed by atoms with Gasteiger partial charge in [-0.15, -0.1) is 0 Å². The van der Waals surface area contributed by atoms with E-state index in [4.69, 9.17) is 0 Å². The lowest BCUT2D eigenvalue weighted by atomic mass is 9.81. The molecule has 1 aliphatic heterocycles. The second kappa shape index (κ2) is 2.72. The molecule has 76 valence electrons. The Labute approximate surface area is 89.0 Å². The average molecular weight is 199 g/mol. The minimum atomic E-state index is -0.0270. The molecular weight excluding hydrogens is 186 g/mol. The van der Waals surface area contributed by atoms with E-state index in [0.717, 1.165) is 18.5 Å². The number of carbonyl (C=O) groups is 1. The third kappa shape index (κ3) is 1.14. The zero-order valence-electron chi connectivity index (χ0n) is 8.55. The summed E-state index contributed by atoms with van der Waals surface area (Å²) in [4.78, 5) is 11.4. The first-order valence-corrected chi connectivity index (χ1v) is 5.26. The number of amides is 1. The summed E-state index contributed by atoms with van der Waals surface area (Å²) in [6.07, 6.45) is 2.52. The van der Waals surface area contributed by atoms with Crippen LogP contribution in [0, 0.1) is 5.41 Å². The minimum absolute atomic E-state index is 0.0270. The van der Waals surface area contributed by atoms with E-state index in [1.807, 2.05) is 0 Å². The Kier molecular flexibility index (Phi) is 1.58. The molecule has 0 saturated carbocycles. The molecule has 1 aromatic carbocycles. The summed E-state index contributed by atoms with van der Waals surface area (Å²) in [5, 5.41) is 2.85. The van der Waals surface area contributed by atoms with Gasteiger partial charge >= 0.3 is 0 Å². The van der Waals surface area contributed by atoms with Crippen LogP contribution in [0.1, 0.15) is 17.5 Å². The lowest BCUT2D eigenvalue weighted by Crippen LogP contribution is -2.21. The Hall–Kier alpha value is -1.57. The Bertz CT molecular complexity index is 436. The highest BCUT2D eigenvalue weighted by molar-refractivity contribution is 5.83. The van der Waals surface area contributed by atoms with Crippen LogP contribution in [-0.4, -0.2) is 5.91 Å². The predicted molar refractivity (Wildman–Crippen MR) is 58.2 cm³/mol. The first-order valence-electron chi connectivity index (χ1n) is 5.26. The summed E-state index contributed by atoms with van der Waals surface area (Å²) < 4.78 is 0. The van der Waals surface area contributed by atoms with Crippen LogP contribution in [-0.2, 0) is 17.6 Å². The van der Waals surface area contributed by atoms with Crippen LogP contribution in [0.4, 0.5) is 0 Å². The quantitative estimate of drug-likeness (QED) is 0.678. The van der Waals surface area contributed by atoms with Crippen molar-refractivity contribution in [2.75, 3.05) is 0 Å². The van der Waals surface area contributed by atoms with E-state index in [-0.39, 0.29) is 11.3 Å². The zero-order valence-corrected chi connectivity index (χ0v) is 8.55. The molecule has 1 amide bonds. The van der Waals surface area contributed by atoms with Crippen LogP contribution in [0.25, 0.3) is 0 Å². The summed E-state index contributed by atoms with van der Waals surface area (Å²) >= 11 is 0. The molecule has 0 aromatic heterocycles. The third-order valence-electron chi connectivity index (χ3n) is 3.61. The van der Waals surface area contributed by atoms with E-state index in [9.17, 15) is 4.79 Å². The van der Waals surface area contributed by atoms with E-state index < -0.39 is 0 Å². The van der Waals surface area contributed by atoms with Gasteiger partial charge in [0.25, 0.3) is 0 Å². The van der Waals surface area contributed by atoms with Crippen molar-refractivity contribution in [3.05, 3.63) is 47.7 Å². The summed E-state index contributed by atoms with van der Waals surface area (Å²) in [5.41, 5.74) is 3.62. The van der Waals surface area contributed by atoms with Crippen molar-refractivity contribution in [1.82, 2.24) is 5.32 Å². The first-order chi connectivity index (χ1) is 7.20. The number of allylic oxidation sites excluding steroid dienone is 1. The van der Waals surface area contributed by atoms with Crippen molar-refractivity contribution in [2.45, 2.75) is 19.3 Å².